The van der Waals surface area contributed by atoms with Gasteiger partial charge in [0.05, 0.1) is 4.90 Å². The summed E-state index contributed by atoms with van der Waals surface area (Å²) in [5.74, 6) is -0.235. The van der Waals surface area contributed by atoms with Crippen LogP contribution in [0.4, 0.5) is 0 Å². The quantitative estimate of drug-likeness (QED) is 0.623. The molecule has 0 fully saturated rings. The Kier molecular flexibility index (Phi) is 7.90. The van der Waals surface area contributed by atoms with Gasteiger partial charge in [-0.1, -0.05) is 0 Å². The zero-order valence-corrected chi connectivity index (χ0v) is 16.4. The first-order valence-corrected chi connectivity index (χ1v) is 10.1. The topological polar surface area (TPSA) is 88.6 Å². The third-order valence-corrected chi connectivity index (χ3v) is 5.97. The summed E-state index contributed by atoms with van der Waals surface area (Å²) in [6.07, 6.45) is 4.68. The fraction of sp³-hybridized carbons (Fsp3) is 0.368. The van der Waals surface area contributed by atoms with Crippen LogP contribution >= 0.6 is 0 Å². The van der Waals surface area contributed by atoms with Crippen LogP contribution in [0, 0.1) is 0 Å². The summed E-state index contributed by atoms with van der Waals surface area (Å²) in [6, 6.07) is 9.69. The van der Waals surface area contributed by atoms with Crippen LogP contribution < -0.4 is 5.32 Å². The molecule has 0 saturated heterocycles. The second kappa shape index (κ2) is 10.1. The van der Waals surface area contributed by atoms with E-state index < -0.39 is 10.0 Å². The Balaban J connectivity index is 1.96. The van der Waals surface area contributed by atoms with Crippen LogP contribution in [-0.2, 0) is 21.2 Å². The Labute approximate surface area is 160 Å². The van der Waals surface area contributed by atoms with E-state index in [2.05, 4.69) is 10.3 Å². The van der Waals surface area contributed by atoms with E-state index in [0.717, 1.165) is 12.0 Å². The highest BCUT2D eigenvalue weighted by molar-refractivity contribution is 7.89. The predicted octanol–water partition coefficient (Wildman–Crippen LogP) is 1.71. The number of nitrogens with one attached hydrogen (secondary N) is 1. The van der Waals surface area contributed by atoms with Crippen LogP contribution in [0.3, 0.4) is 0 Å². The van der Waals surface area contributed by atoms with Gasteiger partial charge in [0.25, 0.3) is 5.91 Å². The third-order valence-electron chi connectivity index (χ3n) is 4.10. The van der Waals surface area contributed by atoms with Gasteiger partial charge in [-0.05, 0) is 54.8 Å². The van der Waals surface area contributed by atoms with Crippen molar-refractivity contribution in [3.8, 4) is 0 Å². The molecule has 27 heavy (non-hydrogen) atoms. The zero-order valence-electron chi connectivity index (χ0n) is 15.6. The average molecular weight is 391 g/mol. The van der Waals surface area contributed by atoms with Crippen LogP contribution in [0.25, 0.3) is 0 Å². The number of ether oxygens (including phenoxy) is 1. The molecule has 2 aromatic rings. The number of aromatic nitrogens is 1. The van der Waals surface area contributed by atoms with Gasteiger partial charge in [-0.2, -0.15) is 0 Å². The van der Waals surface area contributed by atoms with Crippen molar-refractivity contribution in [2.75, 3.05) is 33.9 Å². The van der Waals surface area contributed by atoms with Gasteiger partial charge in [-0.25, -0.2) is 12.7 Å². The average Bonchev–Trinajstić information content (AvgIpc) is 2.70. The number of hydrogen-bond acceptors (Lipinski definition) is 5. The number of rotatable bonds is 10. The normalized spacial score (nSPS) is 11.5. The van der Waals surface area contributed by atoms with E-state index in [1.54, 1.807) is 26.6 Å². The molecule has 0 spiro atoms. The van der Waals surface area contributed by atoms with Crippen molar-refractivity contribution in [3.63, 3.8) is 0 Å². The summed E-state index contributed by atoms with van der Waals surface area (Å²) in [5.41, 5.74) is 1.44. The Morgan fingerprint density at radius 2 is 1.81 bits per heavy atom. The van der Waals surface area contributed by atoms with Crippen LogP contribution in [-0.4, -0.2) is 57.5 Å². The Morgan fingerprint density at radius 3 is 2.44 bits per heavy atom. The van der Waals surface area contributed by atoms with Crippen LogP contribution in [0.1, 0.15) is 22.3 Å². The predicted molar refractivity (Wildman–Crippen MR) is 103 cm³/mol. The fourth-order valence-corrected chi connectivity index (χ4v) is 3.61. The lowest BCUT2D eigenvalue weighted by atomic mass is 10.2. The zero-order chi connectivity index (χ0) is 19.7. The highest BCUT2D eigenvalue weighted by atomic mass is 32.2. The number of nitrogens with zero attached hydrogens (tertiary/aromatic N) is 2. The molecule has 8 heteroatoms. The SMILES string of the molecule is COCCCNC(=O)c1ccc(S(=O)(=O)N(C)CCc2ccncc2)cc1. The largest absolute Gasteiger partial charge is 0.385 e. The van der Waals surface area contributed by atoms with Crippen LogP contribution in [0.2, 0.25) is 0 Å². The lowest BCUT2D eigenvalue weighted by Crippen LogP contribution is -2.29. The van der Waals surface area contributed by atoms with Gasteiger partial charge in [0.2, 0.25) is 10.0 Å². The molecule has 0 aliphatic rings. The monoisotopic (exact) mass is 391 g/mol. The Morgan fingerprint density at radius 1 is 1.15 bits per heavy atom. The smallest absolute Gasteiger partial charge is 0.251 e. The maximum Gasteiger partial charge on any atom is 0.251 e. The summed E-state index contributed by atoms with van der Waals surface area (Å²) in [7, 11) is -0.452. The summed E-state index contributed by atoms with van der Waals surface area (Å²) >= 11 is 0. The van der Waals surface area contributed by atoms with E-state index >= 15 is 0 Å². The maximum atomic E-state index is 12.7. The van der Waals surface area contributed by atoms with Crippen molar-refractivity contribution in [2.24, 2.45) is 0 Å². The van der Waals surface area contributed by atoms with Gasteiger partial charge in [0.1, 0.15) is 0 Å². The Bertz CT molecular complexity index is 824. The van der Waals surface area contributed by atoms with E-state index in [4.69, 9.17) is 4.74 Å². The summed E-state index contributed by atoms with van der Waals surface area (Å²) < 4.78 is 31.6. The van der Waals surface area contributed by atoms with Crippen molar-refractivity contribution in [1.82, 2.24) is 14.6 Å². The minimum absolute atomic E-state index is 0.163. The first-order valence-electron chi connectivity index (χ1n) is 8.67. The molecular formula is C19H25N3O4S. The van der Waals surface area contributed by atoms with Crippen molar-refractivity contribution in [3.05, 3.63) is 59.9 Å². The summed E-state index contributed by atoms with van der Waals surface area (Å²) in [6.45, 7) is 1.43. The number of hydrogen-bond donors (Lipinski definition) is 1. The number of methoxy groups -OCH3 is 1. The standard InChI is InChI=1S/C19H25N3O4S/c1-22(14-10-16-8-12-20-13-9-16)27(24,25)18-6-4-17(5-7-18)19(23)21-11-3-15-26-2/h4-9,12-13H,3,10-11,14-15H2,1-2H3,(H,21,23). The number of benzene rings is 1. The van der Waals surface area contributed by atoms with Crippen LogP contribution in [0.15, 0.2) is 53.7 Å². The van der Waals surface area contributed by atoms with E-state index in [0.29, 0.717) is 31.7 Å². The molecule has 1 aromatic carbocycles. The molecule has 0 bridgehead atoms. The number of carbonyl (C=O) groups excluding carboxylic acids is 1. The molecule has 0 saturated carbocycles. The molecule has 0 radical (unpaired) electrons. The summed E-state index contributed by atoms with van der Waals surface area (Å²) in [4.78, 5) is 16.2. The molecule has 0 aliphatic heterocycles. The van der Waals surface area contributed by atoms with E-state index in [9.17, 15) is 13.2 Å². The number of likely N-dealkylation sites (N-methyl/N-ethyl adjacent to an activating group) is 1. The van der Waals surface area contributed by atoms with Crippen molar-refractivity contribution in [1.29, 1.82) is 0 Å². The van der Waals surface area contributed by atoms with Gasteiger partial charge in [0, 0.05) is 51.8 Å². The number of sulfonamides is 1. The van der Waals surface area contributed by atoms with Gasteiger partial charge in [-0.15, -0.1) is 0 Å². The lowest BCUT2D eigenvalue weighted by molar-refractivity contribution is 0.0948. The minimum atomic E-state index is -3.61. The molecular weight excluding hydrogens is 366 g/mol. The molecule has 0 aliphatic carbocycles. The van der Waals surface area contributed by atoms with Crippen molar-refractivity contribution in [2.45, 2.75) is 17.7 Å². The first-order chi connectivity index (χ1) is 12.9. The van der Waals surface area contributed by atoms with Gasteiger partial charge in [-0.3, -0.25) is 9.78 Å². The van der Waals surface area contributed by atoms with Crippen molar-refractivity contribution >= 4 is 15.9 Å². The highest BCUT2D eigenvalue weighted by Gasteiger charge is 2.20. The van der Waals surface area contributed by atoms with Gasteiger partial charge in [0.15, 0.2) is 0 Å². The second-order valence-electron chi connectivity index (χ2n) is 6.06. The fourth-order valence-electron chi connectivity index (χ4n) is 2.43. The number of carbonyl (C=O) groups is 1. The first kappa shape index (κ1) is 21.0. The molecule has 1 aromatic heterocycles. The van der Waals surface area contributed by atoms with Crippen molar-refractivity contribution < 1.29 is 17.9 Å². The minimum Gasteiger partial charge on any atom is -0.385 e. The molecule has 1 heterocycles. The van der Waals surface area contributed by atoms with E-state index in [-0.39, 0.29) is 10.8 Å². The van der Waals surface area contributed by atoms with Gasteiger partial charge < -0.3 is 10.1 Å². The molecule has 0 atom stereocenters. The molecule has 7 nitrogen and oxygen atoms in total. The molecule has 1 amide bonds. The number of pyridine rings is 1. The Hall–Kier alpha value is -2.29. The maximum absolute atomic E-state index is 12.7. The van der Waals surface area contributed by atoms with Gasteiger partial charge >= 0.3 is 0 Å². The summed E-state index contributed by atoms with van der Waals surface area (Å²) in [5, 5.41) is 2.77. The van der Waals surface area contributed by atoms with E-state index in [1.165, 1.54) is 28.6 Å². The molecule has 146 valence electrons. The third kappa shape index (κ3) is 6.13. The van der Waals surface area contributed by atoms with Crippen LogP contribution in [0.5, 0.6) is 0 Å². The van der Waals surface area contributed by atoms with E-state index in [1.807, 2.05) is 12.1 Å². The lowest BCUT2D eigenvalue weighted by Gasteiger charge is -2.17. The molecule has 0 unspecified atom stereocenters. The second-order valence-corrected chi connectivity index (χ2v) is 8.10. The highest BCUT2D eigenvalue weighted by Crippen LogP contribution is 2.16. The molecule has 1 N–H and O–H groups in total. The molecule has 2 rings (SSSR count). The number of amides is 1.